The molecule has 5 rings (SSSR count). The van der Waals surface area contributed by atoms with Gasteiger partial charge in [0.1, 0.15) is 11.5 Å². The smallest absolute Gasteiger partial charge is 0.258 e. The van der Waals surface area contributed by atoms with Gasteiger partial charge in [-0.15, -0.1) is 0 Å². The number of piperidine rings is 1. The van der Waals surface area contributed by atoms with E-state index in [0.717, 1.165) is 77.6 Å². The molecule has 3 aromatic rings. The van der Waals surface area contributed by atoms with Gasteiger partial charge in [-0.2, -0.15) is 0 Å². The van der Waals surface area contributed by atoms with E-state index in [2.05, 4.69) is 41.0 Å². The molecule has 2 fully saturated rings. The molecule has 2 aromatic carbocycles. The summed E-state index contributed by atoms with van der Waals surface area (Å²) in [4.78, 5) is 17.8. The summed E-state index contributed by atoms with van der Waals surface area (Å²) in [7, 11) is 5.26. The van der Waals surface area contributed by atoms with Gasteiger partial charge in [-0.25, -0.2) is 0 Å². The summed E-state index contributed by atoms with van der Waals surface area (Å²) in [6, 6.07) is 10.4. The quantitative estimate of drug-likeness (QED) is 0.534. The minimum Gasteiger partial charge on any atom is -0.496 e. The molecule has 1 aromatic heterocycles. The number of rotatable bonds is 6. The number of pyridine rings is 1. The molecule has 0 saturated carbocycles. The van der Waals surface area contributed by atoms with Gasteiger partial charge >= 0.3 is 0 Å². The fourth-order valence-corrected chi connectivity index (χ4v) is 5.19. The topological polar surface area (TPSA) is 46.9 Å². The number of aromatic nitrogens is 1. The third-order valence-electron chi connectivity index (χ3n) is 7.56. The molecule has 0 amide bonds. The number of benzene rings is 2. The maximum Gasteiger partial charge on any atom is 0.258 e. The van der Waals surface area contributed by atoms with Crippen LogP contribution in [0.4, 0.5) is 5.69 Å². The lowest BCUT2D eigenvalue weighted by Crippen LogP contribution is -2.36. The Hall–Kier alpha value is -2.99. The van der Waals surface area contributed by atoms with E-state index in [1.54, 1.807) is 18.8 Å². The molecule has 0 bridgehead atoms. The monoisotopic (exact) mass is 461 g/mol. The molecule has 2 saturated heterocycles. The number of anilines is 1. The Balaban J connectivity index is 1.61. The molecule has 0 radical (unpaired) electrons. The predicted molar refractivity (Wildman–Crippen MR) is 138 cm³/mol. The number of likely N-dealkylation sites (tertiary alicyclic amines) is 1. The van der Waals surface area contributed by atoms with Crippen molar-refractivity contribution in [2.75, 3.05) is 45.3 Å². The second-order valence-corrected chi connectivity index (χ2v) is 9.85. The van der Waals surface area contributed by atoms with Crippen molar-refractivity contribution < 1.29 is 9.47 Å². The van der Waals surface area contributed by atoms with Crippen molar-refractivity contribution in [1.29, 1.82) is 0 Å². The van der Waals surface area contributed by atoms with E-state index >= 15 is 0 Å². The van der Waals surface area contributed by atoms with E-state index in [0.29, 0.717) is 0 Å². The molecule has 180 valence electrons. The Morgan fingerprint density at radius 2 is 1.62 bits per heavy atom. The largest absolute Gasteiger partial charge is 0.496 e. The molecular formula is C28H35N3O3. The summed E-state index contributed by atoms with van der Waals surface area (Å²) < 4.78 is 13.4. The van der Waals surface area contributed by atoms with E-state index in [-0.39, 0.29) is 5.56 Å². The van der Waals surface area contributed by atoms with Crippen LogP contribution in [0.25, 0.3) is 21.9 Å². The maximum atomic E-state index is 12.9. The Labute approximate surface area is 201 Å². The minimum absolute atomic E-state index is 0.0174. The first-order valence-corrected chi connectivity index (χ1v) is 12.3. The van der Waals surface area contributed by atoms with Crippen molar-refractivity contribution in [3.05, 3.63) is 52.4 Å². The average molecular weight is 462 g/mol. The second kappa shape index (κ2) is 9.34. The number of ether oxygens (including phenoxy) is 2. The van der Waals surface area contributed by atoms with Crippen LogP contribution in [0, 0.1) is 5.92 Å². The molecule has 0 atom stereocenters. The zero-order valence-electron chi connectivity index (χ0n) is 20.8. The molecule has 34 heavy (non-hydrogen) atoms. The highest BCUT2D eigenvalue weighted by Crippen LogP contribution is 2.39. The molecule has 6 heteroatoms. The number of hydrogen-bond donors (Lipinski definition) is 0. The van der Waals surface area contributed by atoms with Crippen LogP contribution in [0.5, 0.6) is 11.5 Å². The van der Waals surface area contributed by atoms with Crippen molar-refractivity contribution >= 4 is 16.5 Å². The van der Waals surface area contributed by atoms with Gasteiger partial charge in [0.2, 0.25) is 0 Å². The molecule has 2 aliphatic heterocycles. The van der Waals surface area contributed by atoms with Gasteiger partial charge in [-0.3, -0.25) is 9.69 Å². The van der Waals surface area contributed by atoms with Gasteiger partial charge in [0, 0.05) is 49.5 Å². The van der Waals surface area contributed by atoms with E-state index in [4.69, 9.17) is 9.47 Å². The summed E-state index contributed by atoms with van der Waals surface area (Å²) >= 11 is 0. The molecule has 3 heterocycles. The summed E-state index contributed by atoms with van der Waals surface area (Å²) in [6.07, 6.45) is 5.61. The SMILES string of the molecule is COc1cc(-c2cn(C)c(=O)c3ccc(N4CCC4)cc23)cc(OC)c1CN1CCC(C)CC1. The predicted octanol–water partition coefficient (Wildman–Crippen LogP) is 4.66. The maximum absolute atomic E-state index is 12.9. The summed E-state index contributed by atoms with van der Waals surface area (Å²) in [5.74, 6) is 2.45. The van der Waals surface area contributed by atoms with Gasteiger partial charge < -0.3 is 18.9 Å². The minimum atomic E-state index is 0.0174. The third kappa shape index (κ3) is 4.16. The van der Waals surface area contributed by atoms with Crippen molar-refractivity contribution in [2.24, 2.45) is 13.0 Å². The van der Waals surface area contributed by atoms with Gasteiger partial charge in [-0.05, 0) is 79.6 Å². The van der Waals surface area contributed by atoms with Crippen LogP contribution in [0.2, 0.25) is 0 Å². The average Bonchev–Trinajstić information content (AvgIpc) is 2.81. The Bertz CT molecular complexity index is 1230. The van der Waals surface area contributed by atoms with E-state index < -0.39 is 0 Å². The number of hydrogen-bond acceptors (Lipinski definition) is 5. The first-order chi connectivity index (χ1) is 16.5. The molecule has 0 spiro atoms. The van der Waals surface area contributed by atoms with Gasteiger partial charge in [0.05, 0.1) is 19.8 Å². The van der Waals surface area contributed by atoms with Crippen LogP contribution in [-0.4, -0.2) is 49.9 Å². The number of aryl methyl sites for hydroxylation is 1. The van der Waals surface area contributed by atoms with Crippen LogP contribution in [-0.2, 0) is 13.6 Å². The van der Waals surface area contributed by atoms with Crippen molar-refractivity contribution in [2.45, 2.75) is 32.7 Å². The zero-order valence-corrected chi connectivity index (χ0v) is 20.8. The summed E-state index contributed by atoms with van der Waals surface area (Å²) in [5, 5.41) is 1.70. The molecule has 0 unspecified atom stereocenters. The van der Waals surface area contributed by atoms with Crippen molar-refractivity contribution in [3.63, 3.8) is 0 Å². The van der Waals surface area contributed by atoms with Gasteiger partial charge in [0.15, 0.2) is 0 Å². The first-order valence-electron chi connectivity index (χ1n) is 12.3. The molecule has 6 nitrogen and oxygen atoms in total. The van der Waals surface area contributed by atoms with Crippen LogP contribution >= 0.6 is 0 Å². The van der Waals surface area contributed by atoms with E-state index in [1.165, 1.54) is 24.9 Å². The summed E-state index contributed by atoms with van der Waals surface area (Å²) in [5.41, 5.74) is 4.27. The fraction of sp³-hybridized carbons (Fsp3) is 0.464. The fourth-order valence-electron chi connectivity index (χ4n) is 5.19. The Morgan fingerprint density at radius 3 is 2.21 bits per heavy atom. The number of nitrogens with zero attached hydrogens (tertiary/aromatic N) is 3. The second-order valence-electron chi connectivity index (χ2n) is 9.85. The van der Waals surface area contributed by atoms with Crippen molar-refractivity contribution in [3.8, 4) is 22.6 Å². The van der Waals surface area contributed by atoms with Crippen LogP contribution in [0.3, 0.4) is 0 Å². The van der Waals surface area contributed by atoms with Crippen LogP contribution < -0.4 is 19.9 Å². The standard InChI is InChI=1S/C28H35N3O3/c1-19-8-12-30(13-9-19)18-25-26(33-3)14-20(15-27(25)34-4)24-17-29(2)28(32)22-7-6-21(16-23(22)24)31-10-5-11-31/h6-7,14-17,19H,5,8-13,18H2,1-4H3. The van der Waals surface area contributed by atoms with Crippen LogP contribution in [0.15, 0.2) is 41.3 Å². The van der Waals surface area contributed by atoms with E-state index in [1.807, 2.05) is 19.3 Å². The van der Waals surface area contributed by atoms with Gasteiger partial charge in [0.25, 0.3) is 5.56 Å². The molecule has 0 aliphatic carbocycles. The molecular weight excluding hydrogens is 426 g/mol. The van der Waals surface area contributed by atoms with Crippen molar-refractivity contribution in [1.82, 2.24) is 9.47 Å². The lowest BCUT2D eigenvalue weighted by atomic mass is 9.96. The third-order valence-corrected chi connectivity index (χ3v) is 7.56. The summed E-state index contributed by atoms with van der Waals surface area (Å²) in [6.45, 7) is 7.47. The lowest BCUT2D eigenvalue weighted by molar-refractivity contribution is 0.181. The first kappa shape index (κ1) is 22.8. The van der Waals surface area contributed by atoms with E-state index in [9.17, 15) is 4.79 Å². The van der Waals surface area contributed by atoms with Gasteiger partial charge in [-0.1, -0.05) is 6.92 Å². The molecule has 0 N–H and O–H groups in total. The highest BCUT2D eigenvalue weighted by Gasteiger charge is 2.22. The Kier molecular flexibility index (Phi) is 6.26. The Morgan fingerprint density at radius 1 is 0.941 bits per heavy atom. The van der Waals surface area contributed by atoms with Crippen LogP contribution in [0.1, 0.15) is 31.7 Å². The zero-order chi connectivity index (χ0) is 23.8. The highest BCUT2D eigenvalue weighted by atomic mass is 16.5. The number of methoxy groups -OCH3 is 2. The lowest BCUT2D eigenvalue weighted by Gasteiger charge is -2.33. The number of fused-ring (bicyclic) bond motifs is 1. The highest BCUT2D eigenvalue weighted by molar-refractivity contribution is 5.98. The molecule has 2 aliphatic rings. The normalized spacial score (nSPS) is 17.1.